The van der Waals surface area contributed by atoms with E-state index < -0.39 is 29.7 Å². The second-order valence-corrected chi connectivity index (χ2v) is 6.05. The van der Waals surface area contributed by atoms with E-state index in [1.54, 1.807) is 27.7 Å². The van der Waals surface area contributed by atoms with Crippen LogP contribution in [0.25, 0.3) is 0 Å². The molecule has 0 saturated heterocycles. The van der Waals surface area contributed by atoms with Gasteiger partial charge in [-0.2, -0.15) is 0 Å². The van der Waals surface area contributed by atoms with Gasteiger partial charge < -0.3 is 19.5 Å². The van der Waals surface area contributed by atoms with Crippen LogP contribution in [0.2, 0.25) is 0 Å². The minimum Gasteiger partial charge on any atom is -0.466 e. The summed E-state index contributed by atoms with van der Waals surface area (Å²) in [7, 11) is 1.27. The molecule has 1 N–H and O–H groups in total. The standard InChI is InChI=1S/C14H23NO6S/c1-6-20-12(17)10(9-22-8-7-11(16)19-5)15-13(18)21-14(2,3)4/h7-8,10H,6,9H2,1-5H3,(H,15,18)/b8-7+/t10-/m0/s1. The van der Waals surface area contributed by atoms with Crippen molar-refractivity contribution >= 4 is 29.8 Å². The molecule has 0 unspecified atom stereocenters. The lowest BCUT2D eigenvalue weighted by Crippen LogP contribution is -2.45. The molecule has 0 radical (unpaired) electrons. The molecule has 7 nitrogen and oxygen atoms in total. The van der Waals surface area contributed by atoms with E-state index in [0.717, 1.165) is 0 Å². The maximum atomic E-state index is 11.8. The van der Waals surface area contributed by atoms with E-state index in [-0.39, 0.29) is 12.4 Å². The molecule has 0 aromatic carbocycles. The molecule has 0 heterocycles. The summed E-state index contributed by atoms with van der Waals surface area (Å²) in [6.45, 7) is 7.04. The van der Waals surface area contributed by atoms with Crippen molar-refractivity contribution in [2.75, 3.05) is 19.5 Å². The van der Waals surface area contributed by atoms with Crippen LogP contribution in [-0.4, -0.2) is 49.1 Å². The van der Waals surface area contributed by atoms with Gasteiger partial charge in [-0.25, -0.2) is 14.4 Å². The highest BCUT2D eigenvalue weighted by Gasteiger charge is 2.25. The van der Waals surface area contributed by atoms with Crippen LogP contribution in [0.5, 0.6) is 0 Å². The van der Waals surface area contributed by atoms with Crippen molar-refractivity contribution in [1.82, 2.24) is 5.32 Å². The Balaban J connectivity index is 4.57. The number of thioether (sulfide) groups is 1. The number of ether oxygens (including phenoxy) is 3. The Morgan fingerprint density at radius 3 is 2.41 bits per heavy atom. The Bertz CT molecular complexity index is 416. The number of hydrogen-bond acceptors (Lipinski definition) is 7. The van der Waals surface area contributed by atoms with Crippen molar-refractivity contribution in [3.8, 4) is 0 Å². The van der Waals surface area contributed by atoms with Crippen LogP contribution in [0.15, 0.2) is 11.5 Å². The molecule has 0 saturated carbocycles. The Hall–Kier alpha value is -1.70. The number of esters is 2. The number of carbonyl (C=O) groups excluding carboxylic acids is 3. The molecule has 8 heteroatoms. The molecule has 0 aromatic rings. The second kappa shape index (κ2) is 10.1. The summed E-state index contributed by atoms with van der Waals surface area (Å²) < 4.78 is 14.4. The summed E-state index contributed by atoms with van der Waals surface area (Å²) in [5.41, 5.74) is -0.665. The van der Waals surface area contributed by atoms with E-state index in [2.05, 4.69) is 10.1 Å². The van der Waals surface area contributed by atoms with Crippen LogP contribution >= 0.6 is 11.8 Å². The van der Waals surface area contributed by atoms with Crippen LogP contribution in [0, 0.1) is 0 Å². The smallest absolute Gasteiger partial charge is 0.408 e. The van der Waals surface area contributed by atoms with Gasteiger partial charge in [0, 0.05) is 11.8 Å². The largest absolute Gasteiger partial charge is 0.466 e. The average Bonchev–Trinajstić information content (AvgIpc) is 2.39. The van der Waals surface area contributed by atoms with Gasteiger partial charge in [-0.05, 0) is 33.1 Å². The van der Waals surface area contributed by atoms with E-state index in [4.69, 9.17) is 9.47 Å². The summed E-state index contributed by atoms with van der Waals surface area (Å²) in [5.74, 6) is -0.862. The zero-order valence-corrected chi connectivity index (χ0v) is 14.3. The third-order valence-electron chi connectivity index (χ3n) is 2.03. The molecule has 0 spiro atoms. The fraction of sp³-hybridized carbons (Fsp3) is 0.643. The van der Waals surface area contributed by atoms with Gasteiger partial charge in [0.2, 0.25) is 0 Å². The van der Waals surface area contributed by atoms with Crippen molar-refractivity contribution in [2.24, 2.45) is 0 Å². The summed E-state index contributed by atoms with van der Waals surface area (Å²) in [5, 5.41) is 3.93. The monoisotopic (exact) mass is 333 g/mol. The van der Waals surface area contributed by atoms with Crippen molar-refractivity contribution < 1.29 is 28.6 Å². The Morgan fingerprint density at radius 1 is 1.27 bits per heavy atom. The van der Waals surface area contributed by atoms with E-state index in [0.29, 0.717) is 0 Å². The van der Waals surface area contributed by atoms with Gasteiger partial charge in [0.15, 0.2) is 0 Å². The zero-order chi connectivity index (χ0) is 17.2. The predicted octanol–water partition coefficient (Wildman–Crippen LogP) is 1.86. The van der Waals surface area contributed by atoms with E-state index in [9.17, 15) is 14.4 Å². The van der Waals surface area contributed by atoms with Crippen LogP contribution in [0.4, 0.5) is 4.79 Å². The van der Waals surface area contributed by atoms with Crippen molar-refractivity contribution in [3.05, 3.63) is 11.5 Å². The molecular formula is C14H23NO6S. The lowest BCUT2D eigenvalue weighted by molar-refractivity contribution is -0.145. The van der Waals surface area contributed by atoms with Crippen molar-refractivity contribution in [3.63, 3.8) is 0 Å². The van der Waals surface area contributed by atoms with Crippen LogP contribution in [0.3, 0.4) is 0 Å². The maximum Gasteiger partial charge on any atom is 0.408 e. The average molecular weight is 333 g/mol. The van der Waals surface area contributed by atoms with Gasteiger partial charge in [0.25, 0.3) is 0 Å². The normalized spacial score (nSPS) is 12.6. The highest BCUT2D eigenvalue weighted by Crippen LogP contribution is 2.10. The first-order chi connectivity index (χ1) is 10.2. The van der Waals surface area contributed by atoms with E-state index >= 15 is 0 Å². The fourth-order valence-corrected chi connectivity index (χ4v) is 1.92. The lowest BCUT2D eigenvalue weighted by atomic mass is 10.2. The number of amides is 1. The molecular weight excluding hydrogens is 310 g/mol. The fourth-order valence-electron chi connectivity index (χ4n) is 1.18. The highest BCUT2D eigenvalue weighted by atomic mass is 32.2. The predicted molar refractivity (Wildman–Crippen MR) is 83.4 cm³/mol. The van der Waals surface area contributed by atoms with Gasteiger partial charge in [0.1, 0.15) is 11.6 Å². The molecule has 0 fully saturated rings. The third kappa shape index (κ3) is 10.1. The SMILES string of the molecule is CCOC(=O)[C@H](CS/C=C/C(=O)OC)NC(=O)OC(C)(C)C. The quantitative estimate of drug-likeness (QED) is 0.432. The first-order valence-electron chi connectivity index (χ1n) is 6.71. The maximum absolute atomic E-state index is 11.8. The first-order valence-corrected chi connectivity index (χ1v) is 7.76. The van der Waals surface area contributed by atoms with Crippen LogP contribution in [-0.2, 0) is 23.8 Å². The molecule has 0 aliphatic rings. The molecule has 0 aliphatic carbocycles. The van der Waals surface area contributed by atoms with Gasteiger partial charge in [-0.1, -0.05) is 0 Å². The molecule has 0 bridgehead atoms. The first kappa shape index (κ1) is 20.3. The van der Waals surface area contributed by atoms with Gasteiger partial charge >= 0.3 is 18.0 Å². The topological polar surface area (TPSA) is 90.9 Å². The molecule has 22 heavy (non-hydrogen) atoms. The van der Waals surface area contributed by atoms with E-state index in [1.165, 1.54) is 30.4 Å². The molecule has 0 aliphatic heterocycles. The number of rotatable bonds is 7. The molecule has 1 atom stereocenters. The molecule has 1 amide bonds. The summed E-state index contributed by atoms with van der Waals surface area (Å²) in [4.78, 5) is 34.5. The van der Waals surface area contributed by atoms with Gasteiger partial charge in [-0.15, -0.1) is 11.8 Å². The van der Waals surface area contributed by atoms with Crippen LogP contribution in [0.1, 0.15) is 27.7 Å². The minimum absolute atomic E-state index is 0.200. The number of hydrogen-bond donors (Lipinski definition) is 1. The van der Waals surface area contributed by atoms with Gasteiger partial charge in [0.05, 0.1) is 13.7 Å². The third-order valence-corrected chi connectivity index (χ3v) is 2.88. The van der Waals surface area contributed by atoms with Crippen molar-refractivity contribution in [1.29, 1.82) is 0 Å². The Kier molecular flexibility index (Phi) is 9.32. The molecule has 126 valence electrons. The number of alkyl carbamates (subject to hydrolysis) is 1. The Morgan fingerprint density at radius 2 is 1.91 bits per heavy atom. The summed E-state index contributed by atoms with van der Waals surface area (Å²) >= 11 is 1.17. The number of methoxy groups -OCH3 is 1. The lowest BCUT2D eigenvalue weighted by Gasteiger charge is -2.22. The molecule has 0 rings (SSSR count). The minimum atomic E-state index is -0.873. The molecule has 0 aromatic heterocycles. The zero-order valence-electron chi connectivity index (χ0n) is 13.5. The summed E-state index contributed by atoms with van der Waals surface area (Å²) in [6.07, 6.45) is 0.517. The van der Waals surface area contributed by atoms with Crippen LogP contribution < -0.4 is 5.32 Å². The van der Waals surface area contributed by atoms with Gasteiger partial charge in [-0.3, -0.25) is 0 Å². The van der Waals surface area contributed by atoms with Crippen molar-refractivity contribution in [2.45, 2.75) is 39.3 Å². The highest BCUT2D eigenvalue weighted by molar-refractivity contribution is 8.02. The second-order valence-electron chi connectivity index (χ2n) is 5.11. The number of carbonyl (C=O) groups is 3. The summed E-state index contributed by atoms with van der Waals surface area (Å²) in [6, 6.07) is -0.873. The Labute approximate surface area is 134 Å². The number of nitrogens with one attached hydrogen (secondary N) is 1. The van der Waals surface area contributed by atoms with E-state index in [1.807, 2.05) is 0 Å².